The highest BCUT2D eigenvalue weighted by molar-refractivity contribution is 5.95. The first-order valence-electron chi connectivity index (χ1n) is 9.13. The molecule has 1 aromatic heterocycles. The van der Waals surface area contributed by atoms with Gasteiger partial charge in [-0.05, 0) is 49.2 Å². The van der Waals surface area contributed by atoms with Crippen molar-refractivity contribution >= 4 is 23.3 Å². The smallest absolute Gasteiger partial charge is 0.344 e. The van der Waals surface area contributed by atoms with E-state index in [1.54, 1.807) is 0 Å². The summed E-state index contributed by atoms with van der Waals surface area (Å²) in [5.41, 5.74) is 1.09. The molecule has 0 radical (unpaired) electrons. The van der Waals surface area contributed by atoms with Crippen molar-refractivity contribution in [3.05, 3.63) is 58.5 Å². The van der Waals surface area contributed by atoms with Gasteiger partial charge in [-0.15, -0.1) is 0 Å². The highest BCUT2D eigenvalue weighted by Crippen LogP contribution is 2.21. The largest absolute Gasteiger partial charge is 0.452 e. The molecule has 3 rings (SSSR count). The van der Waals surface area contributed by atoms with Gasteiger partial charge >= 0.3 is 5.97 Å². The fourth-order valence-electron chi connectivity index (χ4n) is 3.07. The molecule has 1 aromatic carbocycles. The van der Waals surface area contributed by atoms with Crippen molar-refractivity contribution < 1.29 is 14.3 Å². The van der Waals surface area contributed by atoms with Crippen molar-refractivity contribution in [2.75, 3.05) is 29.9 Å². The van der Waals surface area contributed by atoms with Crippen LogP contribution in [-0.4, -0.2) is 36.6 Å². The van der Waals surface area contributed by atoms with Crippen LogP contribution in [0, 0.1) is 0 Å². The van der Waals surface area contributed by atoms with Gasteiger partial charge in [-0.3, -0.25) is 9.59 Å². The maximum atomic E-state index is 12.0. The molecule has 7 nitrogen and oxygen atoms in total. The molecule has 2 heterocycles. The number of esters is 1. The van der Waals surface area contributed by atoms with Crippen molar-refractivity contribution in [1.82, 2.24) is 4.98 Å². The average molecular weight is 369 g/mol. The molecular weight excluding hydrogens is 346 g/mol. The van der Waals surface area contributed by atoms with E-state index in [0.29, 0.717) is 5.69 Å². The molecule has 1 amide bonds. The predicted molar refractivity (Wildman–Crippen MR) is 103 cm³/mol. The van der Waals surface area contributed by atoms with E-state index in [2.05, 4.69) is 15.2 Å². The maximum absolute atomic E-state index is 12.0. The molecule has 2 N–H and O–H groups in total. The van der Waals surface area contributed by atoms with Crippen LogP contribution < -0.4 is 15.8 Å². The summed E-state index contributed by atoms with van der Waals surface area (Å²) in [5.74, 6) is -1.29. The van der Waals surface area contributed by atoms with E-state index < -0.39 is 24.0 Å². The summed E-state index contributed by atoms with van der Waals surface area (Å²) in [7, 11) is 0. The Morgan fingerprint density at radius 2 is 1.74 bits per heavy atom. The second-order valence-electron chi connectivity index (χ2n) is 6.49. The second-order valence-corrected chi connectivity index (χ2v) is 6.49. The Balaban J connectivity index is 1.51. The van der Waals surface area contributed by atoms with Gasteiger partial charge in [-0.1, -0.05) is 12.8 Å². The SMILES string of the molecule is O=C(COC(=O)c1ccc[nH]c1=O)Nc1ccc(N2CCCCCC2)cc1. The Hall–Kier alpha value is -3.09. The van der Waals surface area contributed by atoms with E-state index in [0.717, 1.165) is 18.8 Å². The minimum atomic E-state index is -0.830. The molecular formula is C20H23N3O4. The number of rotatable bonds is 5. The first-order chi connectivity index (χ1) is 13.1. The van der Waals surface area contributed by atoms with Crippen molar-refractivity contribution in [2.24, 2.45) is 0 Å². The number of anilines is 2. The van der Waals surface area contributed by atoms with Crippen molar-refractivity contribution in [3.63, 3.8) is 0 Å². The number of hydrogen-bond donors (Lipinski definition) is 2. The zero-order valence-electron chi connectivity index (χ0n) is 15.1. The van der Waals surface area contributed by atoms with Crippen LogP contribution in [0.1, 0.15) is 36.0 Å². The van der Waals surface area contributed by atoms with Crippen LogP contribution >= 0.6 is 0 Å². The van der Waals surface area contributed by atoms with Crippen LogP contribution in [0.2, 0.25) is 0 Å². The molecule has 0 atom stereocenters. The Labute approximate surface area is 157 Å². The lowest BCUT2D eigenvalue weighted by Crippen LogP contribution is -2.25. The number of amides is 1. The number of hydrogen-bond acceptors (Lipinski definition) is 5. The Morgan fingerprint density at radius 3 is 2.41 bits per heavy atom. The van der Waals surface area contributed by atoms with Gasteiger partial charge in [0.1, 0.15) is 5.56 Å². The van der Waals surface area contributed by atoms with Crippen LogP contribution in [0.4, 0.5) is 11.4 Å². The lowest BCUT2D eigenvalue weighted by Gasteiger charge is -2.22. The molecule has 1 aliphatic heterocycles. The third-order valence-corrected chi connectivity index (χ3v) is 4.49. The quantitative estimate of drug-likeness (QED) is 0.791. The normalized spacial score (nSPS) is 14.3. The molecule has 1 aliphatic rings. The second kappa shape index (κ2) is 9.02. The highest BCUT2D eigenvalue weighted by Gasteiger charge is 2.14. The molecule has 0 spiro atoms. The molecule has 142 valence electrons. The van der Waals surface area contributed by atoms with Crippen molar-refractivity contribution in [1.29, 1.82) is 0 Å². The standard InChI is InChI=1S/C20H23N3O4/c24-18(14-27-20(26)17-6-5-11-21-19(17)25)22-15-7-9-16(10-8-15)23-12-3-1-2-4-13-23/h5-11H,1-4,12-14H2,(H,21,25)(H,22,24). The Bertz CT molecular complexity index is 837. The zero-order chi connectivity index (χ0) is 19.1. The number of nitrogens with zero attached hydrogens (tertiary/aromatic N) is 1. The van der Waals surface area contributed by atoms with Crippen LogP contribution in [0.5, 0.6) is 0 Å². The number of H-pyrrole nitrogens is 1. The number of pyridine rings is 1. The minimum Gasteiger partial charge on any atom is -0.452 e. The number of carbonyl (C=O) groups is 2. The van der Waals surface area contributed by atoms with Crippen molar-refractivity contribution in [3.8, 4) is 0 Å². The van der Waals surface area contributed by atoms with Gasteiger partial charge in [0.25, 0.3) is 11.5 Å². The fourth-order valence-corrected chi connectivity index (χ4v) is 3.07. The van der Waals surface area contributed by atoms with Gasteiger partial charge in [0.05, 0.1) is 0 Å². The molecule has 1 fully saturated rings. The maximum Gasteiger partial charge on any atom is 0.344 e. The van der Waals surface area contributed by atoms with Gasteiger partial charge in [0.2, 0.25) is 0 Å². The first-order valence-corrected chi connectivity index (χ1v) is 9.13. The number of benzene rings is 1. The first kappa shape index (κ1) is 18.7. The summed E-state index contributed by atoms with van der Waals surface area (Å²) in [4.78, 5) is 40.1. The molecule has 7 heteroatoms. The molecule has 27 heavy (non-hydrogen) atoms. The van der Waals surface area contributed by atoms with Gasteiger partial charge in [0, 0.05) is 30.7 Å². The van der Waals surface area contributed by atoms with Gasteiger partial charge < -0.3 is 19.9 Å². The number of aromatic amines is 1. The van der Waals surface area contributed by atoms with Gasteiger partial charge in [0.15, 0.2) is 6.61 Å². The van der Waals surface area contributed by atoms with Crippen LogP contribution in [0.3, 0.4) is 0 Å². The van der Waals surface area contributed by atoms with Crippen molar-refractivity contribution in [2.45, 2.75) is 25.7 Å². The summed E-state index contributed by atoms with van der Waals surface area (Å²) in [5, 5.41) is 2.69. The number of ether oxygens (including phenoxy) is 1. The zero-order valence-corrected chi connectivity index (χ0v) is 15.1. The lowest BCUT2D eigenvalue weighted by atomic mass is 10.2. The van der Waals surface area contributed by atoms with E-state index in [1.807, 2.05) is 24.3 Å². The van der Waals surface area contributed by atoms with Crippen LogP contribution in [0.15, 0.2) is 47.4 Å². The summed E-state index contributed by atoms with van der Waals surface area (Å²) in [6.45, 7) is 1.65. The summed E-state index contributed by atoms with van der Waals surface area (Å²) in [6, 6.07) is 10.5. The summed E-state index contributed by atoms with van der Waals surface area (Å²) < 4.78 is 4.90. The molecule has 0 unspecified atom stereocenters. The molecule has 0 saturated carbocycles. The lowest BCUT2D eigenvalue weighted by molar-refractivity contribution is -0.119. The van der Waals surface area contributed by atoms with Crippen LogP contribution in [-0.2, 0) is 9.53 Å². The molecule has 0 bridgehead atoms. The molecule has 0 aliphatic carbocycles. The topological polar surface area (TPSA) is 91.5 Å². The average Bonchev–Trinajstić information content (AvgIpc) is 2.97. The molecule has 1 saturated heterocycles. The third-order valence-electron chi connectivity index (χ3n) is 4.49. The Kier molecular flexibility index (Phi) is 6.25. The van der Waals surface area contributed by atoms with E-state index in [1.165, 1.54) is 44.0 Å². The number of nitrogens with one attached hydrogen (secondary N) is 2. The third kappa shape index (κ3) is 5.20. The number of aromatic nitrogens is 1. The van der Waals surface area contributed by atoms with E-state index in [4.69, 9.17) is 4.74 Å². The highest BCUT2D eigenvalue weighted by atomic mass is 16.5. The van der Waals surface area contributed by atoms with Gasteiger partial charge in [-0.2, -0.15) is 0 Å². The summed E-state index contributed by atoms with van der Waals surface area (Å²) in [6.07, 6.45) is 6.37. The number of carbonyl (C=O) groups excluding carboxylic acids is 2. The minimum absolute atomic E-state index is 0.132. The van der Waals surface area contributed by atoms with Crippen LogP contribution in [0.25, 0.3) is 0 Å². The molecule has 2 aromatic rings. The van der Waals surface area contributed by atoms with E-state index >= 15 is 0 Å². The fraction of sp³-hybridized carbons (Fsp3) is 0.350. The summed E-state index contributed by atoms with van der Waals surface area (Å²) >= 11 is 0. The monoisotopic (exact) mass is 369 g/mol. The van der Waals surface area contributed by atoms with E-state index in [-0.39, 0.29) is 5.56 Å². The predicted octanol–water partition coefficient (Wildman–Crippen LogP) is 2.55. The Morgan fingerprint density at radius 1 is 1.04 bits per heavy atom. The van der Waals surface area contributed by atoms with E-state index in [9.17, 15) is 14.4 Å². The van der Waals surface area contributed by atoms with Gasteiger partial charge in [-0.25, -0.2) is 4.79 Å².